The molecule has 5 nitrogen and oxygen atoms in total. The van der Waals surface area contributed by atoms with E-state index in [0.29, 0.717) is 31.1 Å². The van der Waals surface area contributed by atoms with E-state index in [1.165, 1.54) is 0 Å². The third-order valence-corrected chi connectivity index (χ3v) is 2.97. The highest BCUT2D eigenvalue weighted by molar-refractivity contribution is 5.42. The molecule has 0 amide bonds. The SMILES string of the molecule is N#Cc1ccccc1OCCN1CCOC(C#N)C1. The Morgan fingerprint density at radius 1 is 1.37 bits per heavy atom. The lowest BCUT2D eigenvalue weighted by molar-refractivity contribution is -0.00335. The molecule has 1 aromatic carbocycles. The molecule has 98 valence electrons. The summed E-state index contributed by atoms with van der Waals surface area (Å²) in [7, 11) is 0. The van der Waals surface area contributed by atoms with Crippen LogP contribution < -0.4 is 4.74 Å². The Labute approximate surface area is 112 Å². The molecule has 19 heavy (non-hydrogen) atoms. The van der Waals surface area contributed by atoms with E-state index in [9.17, 15) is 0 Å². The molecule has 1 aliphatic heterocycles. The molecular formula is C14H15N3O2. The molecule has 1 aromatic rings. The molecule has 1 saturated heterocycles. The van der Waals surface area contributed by atoms with Crippen LogP contribution in [0, 0.1) is 22.7 Å². The molecule has 2 rings (SSSR count). The average Bonchev–Trinajstić information content (AvgIpc) is 2.48. The zero-order valence-electron chi connectivity index (χ0n) is 10.6. The van der Waals surface area contributed by atoms with Gasteiger partial charge in [0.2, 0.25) is 0 Å². The maximum atomic E-state index is 8.94. The number of hydrogen-bond acceptors (Lipinski definition) is 5. The lowest BCUT2D eigenvalue weighted by Gasteiger charge is -2.29. The Hall–Kier alpha value is -2.08. The maximum absolute atomic E-state index is 8.94. The van der Waals surface area contributed by atoms with E-state index in [0.717, 1.165) is 13.1 Å². The van der Waals surface area contributed by atoms with Gasteiger partial charge in [-0.05, 0) is 12.1 Å². The summed E-state index contributed by atoms with van der Waals surface area (Å²) in [6, 6.07) is 11.4. The van der Waals surface area contributed by atoms with Crippen LogP contribution in [0.3, 0.4) is 0 Å². The second kappa shape index (κ2) is 6.75. The van der Waals surface area contributed by atoms with Crippen molar-refractivity contribution in [1.82, 2.24) is 4.90 Å². The van der Waals surface area contributed by atoms with E-state index in [-0.39, 0.29) is 6.10 Å². The van der Waals surface area contributed by atoms with Gasteiger partial charge in [-0.15, -0.1) is 0 Å². The van der Waals surface area contributed by atoms with Gasteiger partial charge in [-0.1, -0.05) is 12.1 Å². The van der Waals surface area contributed by atoms with Gasteiger partial charge in [0.05, 0.1) is 18.2 Å². The first-order valence-electron chi connectivity index (χ1n) is 6.19. The van der Waals surface area contributed by atoms with E-state index in [1.807, 2.05) is 12.1 Å². The first-order valence-corrected chi connectivity index (χ1v) is 6.19. The van der Waals surface area contributed by atoms with Gasteiger partial charge in [0.1, 0.15) is 18.4 Å². The number of benzene rings is 1. The second-order valence-electron chi connectivity index (χ2n) is 4.25. The van der Waals surface area contributed by atoms with Crippen LogP contribution in [0.2, 0.25) is 0 Å². The molecule has 1 atom stereocenters. The van der Waals surface area contributed by atoms with Gasteiger partial charge in [0.15, 0.2) is 6.10 Å². The number of para-hydroxylation sites is 1. The monoisotopic (exact) mass is 257 g/mol. The van der Waals surface area contributed by atoms with Gasteiger partial charge < -0.3 is 9.47 Å². The lowest BCUT2D eigenvalue weighted by atomic mass is 10.2. The molecule has 1 unspecified atom stereocenters. The van der Waals surface area contributed by atoms with Crippen LogP contribution in [0.1, 0.15) is 5.56 Å². The molecule has 0 bridgehead atoms. The number of rotatable bonds is 4. The first-order chi connectivity index (χ1) is 9.33. The highest BCUT2D eigenvalue weighted by Crippen LogP contribution is 2.16. The summed E-state index contributed by atoms with van der Waals surface area (Å²) in [6.45, 7) is 3.21. The number of morpholine rings is 1. The van der Waals surface area contributed by atoms with Gasteiger partial charge in [-0.3, -0.25) is 4.90 Å². The van der Waals surface area contributed by atoms with Crippen molar-refractivity contribution in [3.05, 3.63) is 29.8 Å². The van der Waals surface area contributed by atoms with E-state index in [1.54, 1.807) is 12.1 Å². The Morgan fingerprint density at radius 2 is 2.21 bits per heavy atom. The highest BCUT2D eigenvalue weighted by Gasteiger charge is 2.19. The van der Waals surface area contributed by atoms with Crippen LogP contribution in [-0.4, -0.2) is 43.9 Å². The number of nitriles is 2. The summed E-state index contributed by atoms with van der Waals surface area (Å²) in [5, 5.41) is 17.8. The van der Waals surface area contributed by atoms with Crippen molar-refractivity contribution in [2.45, 2.75) is 6.10 Å². The third-order valence-electron chi connectivity index (χ3n) is 2.97. The molecule has 0 aliphatic carbocycles. The van der Waals surface area contributed by atoms with Crippen LogP contribution in [0.15, 0.2) is 24.3 Å². The minimum atomic E-state index is -0.347. The van der Waals surface area contributed by atoms with Gasteiger partial charge >= 0.3 is 0 Å². The standard InChI is InChI=1S/C14H15N3O2/c15-9-12-3-1-2-4-14(12)19-8-6-17-5-7-18-13(10-16)11-17/h1-4,13H,5-8,11H2. The molecule has 1 fully saturated rings. The molecule has 0 radical (unpaired) electrons. The van der Waals surface area contributed by atoms with Crippen molar-refractivity contribution in [2.24, 2.45) is 0 Å². The summed E-state index contributed by atoms with van der Waals surface area (Å²) in [5.74, 6) is 0.607. The van der Waals surface area contributed by atoms with Crippen molar-refractivity contribution in [3.63, 3.8) is 0 Å². The Kier molecular flexibility index (Phi) is 4.74. The predicted octanol–water partition coefficient (Wildman–Crippen LogP) is 1.16. The summed E-state index contributed by atoms with van der Waals surface area (Å²) >= 11 is 0. The third kappa shape index (κ3) is 3.69. The van der Waals surface area contributed by atoms with Crippen LogP contribution in [0.25, 0.3) is 0 Å². The quantitative estimate of drug-likeness (QED) is 0.809. The molecule has 1 aliphatic rings. The van der Waals surface area contributed by atoms with Crippen LogP contribution >= 0.6 is 0 Å². The molecular weight excluding hydrogens is 242 g/mol. The summed E-state index contributed by atoms with van der Waals surface area (Å²) in [6.07, 6.45) is -0.347. The molecule has 0 N–H and O–H groups in total. The molecule has 0 saturated carbocycles. The highest BCUT2D eigenvalue weighted by atomic mass is 16.5. The molecule has 0 spiro atoms. The van der Waals surface area contributed by atoms with Crippen molar-refractivity contribution >= 4 is 0 Å². The van der Waals surface area contributed by atoms with Gasteiger partial charge in [0.25, 0.3) is 0 Å². The fraction of sp³-hybridized carbons (Fsp3) is 0.429. The van der Waals surface area contributed by atoms with E-state index >= 15 is 0 Å². The zero-order valence-corrected chi connectivity index (χ0v) is 10.6. The minimum Gasteiger partial charge on any atom is -0.491 e. The number of ether oxygens (including phenoxy) is 2. The van der Waals surface area contributed by atoms with E-state index in [2.05, 4.69) is 17.0 Å². The Balaban J connectivity index is 1.81. The fourth-order valence-corrected chi connectivity index (χ4v) is 1.95. The minimum absolute atomic E-state index is 0.347. The molecule has 1 heterocycles. The van der Waals surface area contributed by atoms with Crippen molar-refractivity contribution in [1.29, 1.82) is 10.5 Å². The van der Waals surface area contributed by atoms with Crippen LogP contribution in [-0.2, 0) is 4.74 Å². The van der Waals surface area contributed by atoms with E-state index in [4.69, 9.17) is 20.0 Å². The van der Waals surface area contributed by atoms with Crippen molar-refractivity contribution < 1.29 is 9.47 Å². The second-order valence-corrected chi connectivity index (χ2v) is 4.25. The van der Waals surface area contributed by atoms with Crippen LogP contribution in [0.4, 0.5) is 0 Å². The lowest BCUT2D eigenvalue weighted by Crippen LogP contribution is -2.43. The van der Waals surface area contributed by atoms with Gasteiger partial charge in [0, 0.05) is 19.6 Å². The normalized spacial score (nSPS) is 19.4. The van der Waals surface area contributed by atoms with E-state index < -0.39 is 0 Å². The Morgan fingerprint density at radius 3 is 3.00 bits per heavy atom. The van der Waals surface area contributed by atoms with Crippen molar-refractivity contribution in [3.8, 4) is 17.9 Å². The average molecular weight is 257 g/mol. The summed E-state index contributed by atoms with van der Waals surface area (Å²) in [5.41, 5.74) is 0.541. The molecule has 5 heteroatoms. The van der Waals surface area contributed by atoms with Crippen molar-refractivity contribution in [2.75, 3.05) is 32.8 Å². The van der Waals surface area contributed by atoms with Gasteiger partial charge in [-0.2, -0.15) is 10.5 Å². The predicted molar refractivity (Wildman–Crippen MR) is 68.4 cm³/mol. The summed E-state index contributed by atoms with van der Waals surface area (Å²) < 4.78 is 10.9. The number of hydrogen-bond donors (Lipinski definition) is 0. The summed E-state index contributed by atoms with van der Waals surface area (Å²) in [4.78, 5) is 2.13. The zero-order chi connectivity index (χ0) is 13.5. The smallest absolute Gasteiger partial charge is 0.156 e. The fourth-order valence-electron chi connectivity index (χ4n) is 1.95. The largest absolute Gasteiger partial charge is 0.491 e. The number of nitrogens with zero attached hydrogens (tertiary/aromatic N) is 3. The topological polar surface area (TPSA) is 69.3 Å². The first kappa shape index (κ1) is 13.4. The maximum Gasteiger partial charge on any atom is 0.156 e. The van der Waals surface area contributed by atoms with Crippen LogP contribution in [0.5, 0.6) is 5.75 Å². The molecule has 0 aromatic heterocycles. The Bertz CT molecular complexity index is 504. The van der Waals surface area contributed by atoms with Gasteiger partial charge in [-0.25, -0.2) is 0 Å².